The lowest BCUT2D eigenvalue weighted by molar-refractivity contribution is -0.118. The van der Waals surface area contributed by atoms with Crippen LogP contribution in [0.25, 0.3) is 0 Å². The van der Waals surface area contributed by atoms with Gasteiger partial charge in [0.1, 0.15) is 5.75 Å². The first kappa shape index (κ1) is 21.3. The maximum Gasteiger partial charge on any atom is 0.227 e. The number of alkyl halides is 1. The molecule has 1 aromatic heterocycles. The Labute approximate surface area is 171 Å². The van der Waals surface area contributed by atoms with Gasteiger partial charge in [0.2, 0.25) is 11.8 Å². The molecule has 0 atom stereocenters. The third kappa shape index (κ3) is 6.54. The van der Waals surface area contributed by atoms with Crippen LogP contribution in [0.15, 0.2) is 28.8 Å². The average molecular weight is 403 g/mol. The van der Waals surface area contributed by atoms with Crippen LogP contribution in [-0.4, -0.2) is 35.9 Å². The van der Waals surface area contributed by atoms with Gasteiger partial charge < -0.3 is 14.2 Å². The monoisotopic (exact) mass is 403 g/mol. The predicted octanol–water partition coefficient (Wildman–Crippen LogP) is 4.84. The zero-order chi connectivity index (χ0) is 20.5. The van der Waals surface area contributed by atoms with E-state index in [9.17, 15) is 9.18 Å². The standard InChI is InChI=1S/C22H30FN3O3/c1-2-28-19-9-6-8-18(16-19)26(21(27)11-7-14-23)15-5-3-4-10-20-24-22(25-29-20)17-12-13-17/h6,8-9,16-17H,2-5,7,10-15H2,1H3. The molecule has 1 aliphatic carbocycles. The number of rotatable bonds is 13. The van der Waals surface area contributed by atoms with E-state index in [0.717, 1.165) is 55.8 Å². The molecule has 1 fully saturated rings. The molecular formula is C22H30FN3O3. The minimum absolute atomic E-state index is 0.0534. The topological polar surface area (TPSA) is 68.5 Å². The summed E-state index contributed by atoms with van der Waals surface area (Å²) in [5, 5.41) is 4.04. The lowest BCUT2D eigenvalue weighted by atomic mass is 10.1. The van der Waals surface area contributed by atoms with Crippen molar-refractivity contribution in [3.05, 3.63) is 36.0 Å². The molecule has 1 aromatic carbocycles. The first-order chi connectivity index (χ1) is 14.2. The SMILES string of the molecule is CCOc1cccc(N(CCCCCc2nc(C3CC3)no2)C(=O)CCCF)c1. The molecular weight excluding hydrogens is 373 g/mol. The van der Waals surface area contributed by atoms with Gasteiger partial charge in [-0.15, -0.1) is 0 Å². The largest absolute Gasteiger partial charge is 0.494 e. The molecule has 0 aliphatic heterocycles. The summed E-state index contributed by atoms with van der Waals surface area (Å²) in [5.74, 6) is 2.73. The number of carbonyl (C=O) groups is 1. The number of aryl methyl sites for hydroxylation is 1. The van der Waals surface area contributed by atoms with E-state index in [2.05, 4.69) is 10.1 Å². The smallest absolute Gasteiger partial charge is 0.227 e. The van der Waals surface area contributed by atoms with Crippen molar-refractivity contribution >= 4 is 11.6 Å². The molecule has 7 heteroatoms. The number of carbonyl (C=O) groups excluding carboxylic acids is 1. The molecule has 3 rings (SSSR count). The minimum atomic E-state index is -0.481. The van der Waals surface area contributed by atoms with E-state index in [1.807, 2.05) is 31.2 Å². The summed E-state index contributed by atoms with van der Waals surface area (Å²) < 4.78 is 23.4. The lowest BCUT2D eigenvalue weighted by Gasteiger charge is -2.23. The lowest BCUT2D eigenvalue weighted by Crippen LogP contribution is -2.31. The van der Waals surface area contributed by atoms with Crippen molar-refractivity contribution in [1.29, 1.82) is 0 Å². The zero-order valence-electron chi connectivity index (χ0n) is 17.1. The second-order valence-electron chi connectivity index (χ2n) is 7.40. The molecule has 1 aliphatic rings. The number of anilines is 1. The van der Waals surface area contributed by atoms with E-state index in [1.165, 1.54) is 0 Å². The minimum Gasteiger partial charge on any atom is -0.494 e. The maximum atomic E-state index is 12.6. The molecule has 0 saturated heterocycles. The Morgan fingerprint density at radius 3 is 2.90 bits per heavy atom. The van der Waals surface area contributed by atoms with Crippen LogP contribution in [0.5, 0.6) is 5.75 Å². The van der Waals surface area contributed by atoms with Gasteiger partial charge in [-0.05, 0) is 51.2 Å². The van der Waals surface area contributed by atoms with Crippen molar-refractivity contribution in [2.24, 2.45) is 0 Å². The molecule has 0 N–H and O–H groups in total. The van der Waals surface area contributed by atoms with Gasteiger partial charge in [-0.25, -0.2) is 0 Å². The van der Waals surface area contributed by atoms with Gasteiger partial charge in [0.05, 0.1) is 13.3 Å². The Kier molecular flexibility index (Phi) is 8.02. The maximum absolute atomic E-state index is 12.6. The molecule has 0 spiro atoms. The van der Waals surface area contributed by atoms with Gasteiger partial charge in [-0.3, -0.25) is 9.18 Å². The van der Waals surface area contributed by atoms with Gasteiger partial charge in [0.15, 0.2) is 5.82 Å². The highest BCUT2D eigenvalue weighted by Gasteiger charge is 2.28. The van der Waals surface area contributed by atoms with Crippen molar-refractivity contribution in [1.82, 2.24) is 10.1 Å². The number of benzene rings is 1. The Morgan fingerprint density at radius 1 is 1.28 bits per heavy atom. The van der Waals surface area contributed by atoms with Crippen LogP contribution in [0.1, 0.15) is 69.5 Å². The Morgan fingerprint density at radius 2 is 2.14 bits per heavy atom. The predicted molar refractivity (Wildman–Crippen MR) is 109 cm³/mol. The highest BCUT2D eigenvalue weighted by molar-refractivity contribution is 5.93. The number of hydrogen-bond acceptors (Lipinski definition) is 5. The van der Waals surface area contributed by atoms with Gasteiger partial charge in [0, 0.05) is 37.1 Å². The molecule has 1 heterocycles. The normalized spacial score (nSPS) is 13.4. The van der Waals surface area contributed by atoms with Crippen LogP contribution >= 0.6 is 0 Å². The van der Waals surface area contributed by atoms with E-state index in [4.69, 9.17) is 9.26 Å². The molecule has 1 saturated carbocycles. The summed E-state index contributed by atoms with van der Waals surface area (Å²) in [4.78, 5) is 18.8. The molecule has 0 bridgehead atoms. The number of nitrogens with zero attached hydrogens (tertiary/aromatic N) is 3. The van der Waals surface area contributed by atoms with Crippen LogP contribution < -0.4 is 9.64 Å². The number of halogens is 1. The van der Waals surface area contributed by atoms with Crippen molar-refractivity contribution in [3.8, 4) is 5.75 Å². The zero-order valence-corrected chi connectivity index (χ0v) is 17.1. The second kappa shape index (κ2) is 10.9. The highest BCUT2D eigenvalue weighted by Crippen LogP contribution is 2.38. The van der Waals surface area contributed by atoms with E-state index in [0.29, 0.717) is 25.0 Å². The van der Waals surface area contributed by atoms with Crippen molar-refractivity contribution < 1.29 is 18.4 Å². The van der Waals surface area contributed by atoms with Crippen molar-refractivity contribution in [2.45, 2.75) is 64.2 Å². The molecule has 158 valence electrons. The average Bonchev–Trinajstić information content (AvgIpc) is 3.48. The van der Waals surface area contributed by atoms with Crippen LogP contribution in [0.3, 0.4) is 0 Å². The molecule has 29 heavy (non-hydrogen) atoms. The van der Waals surface area contributed by atoms with Crippen LogP contribution in [-0.2, 0) is 11.2 Å². The molecule has 1 amide bonds. The van der Waals surface area contributed by atoms with E-state index in [-0.39, 0.29) is 18.7 Å². The second-order valence-corrected chi connectivity index (χ2v) is 7.40. The molecule has 6 nitrogen and oxygen atoms in total. The van der Waals surface area contributed by atoms with E-state index in [1.54, 1.807) is 4.90 Å². The Balaban J connectivity index is 1.50. The van der Waals surface area contributed by atoms with E-state index >= 15 is 0 Å². The first-order valence-corrected chi connectivity index (χ1v) is 10.6. The summed E-state index contributed by atoms with van der Waals surface area (Å²) in [6, 6.07) is 7.52. The number of hydrogen-bond donors (Lipinski definition) is 0. The third-order valence-corrected chi connectivity index (χ3v) is 4.96. The first-order valence-electron chi connectivity index (χ1n) is 10.6. The summed E-state index contributed by atoms with van der Waals surface area (Å²) in [6.45, 7) is 2.61. The molecule has 2 aromatic rings. The quantitative estimate of drug-likeness (QED) is 0.448. The number of aromatic nitrogens is 2. The van der Waals surface area contributed by atoms with Crippen LogP contribution in [0.2, 0.25) is 0 Å². The Bertz CT molecular complexity index is 776. The Hall–Kier alpha value is -2.44. The number of amides is 1. The van der Waals surface area contributed by atoms with E-state index < -0.39 is 6.67 Å². The summed E-state index contributed by atoms with van der Waals surface area (Å²) in [6.07, 6.45) is 6.27. The van der Waals surface area contributed by atoms with Crippen molar-refractivity contribution in [2.75, 3.05) is 24.7 Å². The highest BCUT2D eigenvalue weighted by atomic mass is 19.1. The number of ether oxygens (including phenoxy) is 1. The van der Waals surface area contributed by atoms with Crippen molar-refractivity contribution in [3.63, 3.8) is 0 Å². The summed E-state index contributed by atoms with van der Waals surface area (Å²) >= 11 is 0. The van der Waals surface area contributed by atoms with Crippen LogP contribution in [0.4, 0.5) is 10.1 Å². The fraction of sp³-hybridized carbons (Fsp3) is 0.591. The molecule has 0 radical (unpaired) electrons. The van der Waals surface area contributed by atoms with Gasteiger partial charge >= 0.3 is 0 Å². The third-order valence-electron chi connectivity index (χ3n) is 4.96. The molecule has 0 unspecified atom stereocenters. The van der Waals surface area contributed by atoms with Gasteiger partial charge in [-0.2, -0.15) is 4.98 Å². The van der Waals surface area contributed by atoms with Gasteiger partial charge in [-0.1, -0.05) is 17.6 Å². The summed E-state index contributed by atoms with van der Waals surface area (Å²) in [7, 11) is 0. The number of unbranched alkanes of at least 4 members (excludes halogenated alkanes) is 2. The fourth-order valence-electron chi connectivity index (χ4n) is 3.26. The fourth-order valence-corrected chi connectivity index (χ4v) is 3.26. The summed E-state index contributed by atoms with van der Waals surface area (Å²) in [5.41, 5.74) is 0.797. The van der Waals surface area contributed by atoms with Crippen LogP contribution in [0, 0.1) is 0 Å². The van der Waals surface area contributed by atoms with Gasteiger partial charge in [0.25, 0.3) is 0 Å².